The molecule has 0 saturated carbocycles. The molecule has 0 aliphatic carbocycles. The van der Waals surface area contributed by atoms with Crippen LogP contribution in [0.25, 0.3) is 0 Å². The van der Waals surface area contributed by atoms with Crippen LogP contribution in [-0.2, 0) is 4.79 Å². The van der Waals surface area contributed by atoms with E-state index in [9.17, 15) is 4.79 Å². The summed E-state index contributed by atoms with van der Waals surface area (Å²) in [5, 5.41) is 0. The summed E-state index contributed by atoms with van der Waals surface area (Å²) in [6.07, 6.45) is 0.419. The number of hydrogen-bond donors (Lipinski definition) is 0. The highest BCUT2D eigenvalue weighted by molar-refractivity contribution is 5.56. The van der Waals surface area contributed by atoms with Gasteiger partial charge in [0.2, 0.25) is 0 Å². The first kappa shape index (κ1) is 9.78. The molecule has 0 aromatic heterocycles. The van der Waals surface area contributed by atoms with Gasteiger partial charge in [-0.05, 0) is 38.0 Å². The van der Waals surface area contributed by atoms with Gasteiger partial charge < -0.3 is 4.74 Å². The van der Waals surface area contributed by atoms with E-state index < -0.39 is 0 Å². The van der Waals surface area contributed by atoms with Gasteiger partial charge in [0.25, 0.3) is 0 Å². The normalized spacial score (nSPS) is 12.2. The van der Waals surface area contributed by atoms with E-state index in [1.54, 1.807) is 6.92 Å². The molecule has 70 valence electrons. The minimum absolute atomic E-state index is 0.375. The molecule has 1 rings (SSSR count). The van der Waals surface area contributed by atoms with Gasteiger partial charge in [-0.2, -0.15) is 0 Å². The first-order valence-electron chi connectivity index (χ1n) is 4.32. The van der Waals surface area contributed by atoms with Gasteiger partial charge in [0.1, 0.15) is 5.75 Å². The van der Waals surface area contributed by atoms with E-state index in [1.165, 1.54) is 0 Å². The monoisotopic (exact) mass is 178 g/mol. The summed E-state index contributed by atoms with van der Waals surface area (Å²) in [5.41, 5.74) is 2.19. The molecule has 0 saturated heterocycles. The van der Waals surface area contributed by atoms with Crippen LogP contribution in [-0.4, -0.2) is 12.4 Å². The van der Waals surface area contributed by atoms with Crippen molar-refractivity contribution in [3.63, 3.8) is 0 Å². The lowest BCUT2D eigenvalue weighted by atomic mass is 10.1. The van der Waals surface area contributed by atoms with Crippen molar-refractivity contribution in [2.75, 3.05) is 0 Å². The van der Waals surface area contributed by atoms with Crippen molar-refractivity contribution in [1.29, 1.82) is 0 Å². The van der Waals surface area contributed by atoms with Crippen LogP contribution in [0.3, 0.4) is 0 Å². The Labute approximate surface area is 78.5 Å². The van der Waals surface area contributed by atoms with E-state index in [1.807, 2.05) is 32.0 Å². The van der Waals surface area contributed by atoms with E-state index in [0.717, 1.165) is 23.2 Å². The SMILES string of the molecule is Cc1ccc(C)c(OC(C)C=O)c1. The van der Waals surface area contributed by atoms with Crippen LogP contribution in [0.15, 0.2) is 18.2 Å². The Morgan fingerprint density at radius 3 is 2.69 bits per heavy atom. The fourth-order valence-electron chi connectivity index (χ4n) is 1.06. The number of aldehydes is 1. The second-order valence-electron chi connectivity index (χ2n) is 3.23. The van der Waals surface area contributed by atoms with Crippen molar-refractivity contribution in [2.45, 2.75) is 26.9 Å². The molecule has 1 atom stereocenters. The number of hydrogen-bond acceptors (Lipinski definition) is 2. The third kappa shape index (κ3) is 2.58. The lowest BCUT2D eigenvalue weighted by Gasteiger charge is -2.11. The van der Waals surface area contributed by atoms with Crippen molar-refractivity contribution in [3.8, 4) is 5.75 Å². The molecule has 13 heavy (non-hydrogen) atoms. The standard InChI is InChI=1S/C11H14O2/c1-8-4-5-9(2)11(6-8)13-10(3)7-12/h4-7,10H,1-3H3. The van der Waals surface area contributed by atoms with Crippen LogP contribution in [0.2, 0.25) is 0 Å². The third-order valence-electron chi connectivity index (χ3n) is 1.85. The van der Waals surface area contributed by atoms with Crippen LogP contribution >= 0.6 is 0 Å². The molecule has 2 heteroatoms. The van der Waals surface area contributed by atoms with Crippen molar-refractivity contribution >= 4 is 6.29 Å². The quantitative estimate of drug-likeness (QED) is 0.664. The van der Waals surface area contributed by atoms with Gasteiger partial charge in [0.15, 0.2) is 12.4 Å². The number of benzene rings is 1. The number of aryl methyl sites for hydroxylation is 2. The highest BCUT2D eigenvalue weighted by Gasteiger charge is 2.04. The Morgan fingerprint density at radius 2 is 2.08 bits per heavy atom. The molecule has 0 amide bonds. The summed E-state index contributed by atoms with van der Waals surface area (Å²) in [4.78, 5) is 10.4. The van der Waals surface area contributed by atoms with Crippen LogP contribution in [0.5, 0.6) is 5.75 Å². The van der Waals surface area contributed by atoms with Crippen molar-refractivity contribution in [3.05, 3.63) is 29.3 Å². The van der Waals surface area contributed by atoms with Gasteiger partial charge in [-0.25, -0.2) is 0 Å². The number of carbonyl (C=O) groups excluding carboxylic acids is 1. The van der Waals surface area contributed by atoms with E-state index >= 15 is 0 Å². The molecule has 0 heterocycles. The molecule has 0 radical (unpaired) electrons. The molecule has 0 fully saturated rings. The molecule has 1 unspecified atom stereocenters. The van der Waals surface area contributed by atoms with Gasteiger partial charge in [0.05, 0.1) is 0 Å². The lowest BCUT2D eigenvalue weighted by molar-refractivity contribution is -0.113. The minimum Gasteiger partial charge on any atom is -0.483 e. The predicted molar refractivity (Wildman–Crippen MR) is 52.1 cm³/mol. The molecule has 0 bridgehead atoms. The van der Waals surface area contributed by atoms with Gasteiger partial charge in [-0.3, -0.25) is 4.79 Å². The van der Waals surface area contributed by atoms with Gasteiger partial charge in [-0.1, -0.05) is 12.1 Å². The molecule has 0 spiro atoms. The summed E-state index contributed by atoms with van der Waals surface area (Å²) in [7, 11) is 0. The molecular formula is C11H14O2. The molecule has 2 nitrogen and oxygen atoms in total. The molecular weight excluding hydrogens is 164 g/mol. The zero-order valence-corrected chi connectivity index (χ0v) is 8.20. The van der Waals surface area contributed by atoms with E-state index in [0.29, 0.717) is 0 Å². The molecule has 0 aliphatic rings. The largest absolute Gasteiger partial charge is 0.483 e. The summed E-state index contributed by atoms with van der Waals surface area (Å²) in [6, 6.07) is 5.95. The highest BCUT2D eigenvalue weighted by Crippen LogP contribution is 2.19. The molecule has 0 N–H and O–H groups in total. The number of ether oxygens (including phenoxy) is 1. The van der Waals surface area contributed by atoms with Crippen molar-refractivity contribution in [1.82, 2.24) is 0 Å². The lowest BCUT2D eigenvalue weighted by Crippen LogP contribution is -2.13. The molecule has 0 aliphatic heterocycles. The first-order valence-corrected chi connectivity index (χ1v) is 4.32. The summed E-state index contributed by atoms with van der Waals surface area (Å²) in [6.45, 7) is 5.69. The second kappa shape index (κ2) is 4.08. The van der Waals surface area contributed by atoms with Gasteiger partial charge in [0, 0.05) is 0 Å². The fourth-order valence-corrected chi connectivity index (χ4v) is 1.06. The first-order chi connectivity index (χ1) is 6.13. The molecule has 1 aromatic carbocycles. The summed E-state index contributed by atoms with van der Waals surface area (Å²) >= 11 is 0. The summed E-state index contributed by atoms with van der Waals surface area (Å²) in [5.74, 6) is 0.791. The van der Waals surface area contributed by atoms with Crippen LogP contribution in [0.4, 0.5) is 0 Å². The Balaban J connectivity index is 2.86. The van der Waals surface area contributed by atoms with Gasteiger partial charge >= 0.3 is 0 Å². The Hall–Kier alpha value is -1.31. The smallest absolute Gasteiger partial charge is 0.160 e. The average Bonchev–Trinajstić information content (AvgIpc) is 2.11. The van der Waals surface area contributed by atoms with Crippen molar-refractivity contribution < 1.29 is 9.53 Å². The van der Waals surface area contributed by atoms with Crippen LogP contribution in [0, 0.1) is 13.8 Å². The Morgan fingerprint density at radius 1 is 1.38 bits per heavy atom. The topological polar surface area (TPSA) is 26.3 Å². The van der Waals surface area contributed by atoms with E-state index in [4.69, 9.17) is 4.74 Å². The zero-order chi connectivity index (χ0) is 9.84. The maximum Gasteiger partial charge on any atom is 0.160 e. The minimum atomic E-state index is -0.375. The number of carbonyl (C=O) groups is 1. The Bertz CT molecular complexity index is 305. The zero-order valence-electron chi connectivity index (χ0n) is 8.20. The highest BCUT2D eigenvalue weighted by atomic mass is 16.5. The van der Waals surface area contributed by atoms with Gasteiger partial charge in [-0.15, -0.1) is 0 Å². The molecule has 1 aromatic rings. The maximum atomic E-state index is 10.4. The predicted octanol–water partition coefficient (Wildman–Crippen LogP) is 2.27. The van der Waals surface area contributed by atoms with E-state index in [-0.39, 0.29) is 6.10 Å². The van der Waals surface area contributed by atoms with E-state index in [2.05, 4.69) is 0 Å². The summed E-state index contributed by atoms with van der Waals surface area (Å²) < 4.78 is 5.41. The van der Waals surface area contributed by atoms with Crippen molar-refractivity contribution in [2.24, 2.45) is 0 Å². The Kier molecular flexibility index (Phi) is 3.07. The third-order valence-corrected chi connectivity index (χ3v) is 1.85. The second-order valence-corrected chi connectivity index (χ2v) is 3.23. The van der Waals surface area contributed by atoms with Crippen LogP contribution in [0.1, 0.15) is 18.1 Å². The number of rotatable bonds is 3. The van der Waals surface area contributed by atoms with Crippen LogP contribution < -0.4 is 4.74 Å². The fraction of sp³-hybridized carbons (Fsp3) is 0.364. The average molecular weight is 178 g/mol. The maximum absolute atomic E-state index is 10.4.